The molecule has 1 fully saturated rings. The molecule has 0 aromatic carbocycles. The van der Waals surface area contributed by atoms with E-state index >= 15 is 0 Å². The van der Waals surface area contributed by atoms with Crippen molar-refractivity contribution in [2.45, 2.75) is 25.1 Å². The lowest BCUT2D eigenvalue weighted by Gasteiger charge is -2.28. The lowest BCUT2D eigenvalue weighted by molar-refractivity contribution is -0.137. The largest absolute Gasteiger partial charge is 0.419 e. The van der Waals surface area contributed by atoms with Gasteiger partial charge in [-0.05, 0) is 41.9 Å². The number of aromatic nitrogens is 1. The molecule has 1 aromatic heterocycles. The monoisotopic (exact) mass is 337 g/mol. The summed E-state index contributed by atoms with van der Waals surface area (Å²) in [5.41, 5.74) is -0.676. The van der Waals surface area contributed by atoms with Gasteiger partial charge in [0.2, 0.25) is 0 Å². The molecule has 2 heterocycles. The number of pyridine rings is 1. The predicted molar refractivity (Wildman–Crippen MR) is 71.2 cm³/mol. The Kier molecular flexibility index (Phi) is 4.35. The molecule has 106 valence electrons. The molecule has 1 atom stereocenters. The van der Waals surface area contributed by atoms with Gasteiger partial charge in [0.15, 0.2) is 0 Å². The molecule has 1 unspecified atom stereocenters. The van der Waals surface area contributed by atoms with Crippen LogP contribution >= 0.6 is 15.9 Å². The van der Waals surface area contributed by atoms with Gasteiger partial charge in [0.25, 0.3) is 0 Å². The van der Waals surface area contributed by atoms with Gasteiger partial charge in [-0.2, -0.15) is 13.2 Å². The Bertz CT molecular complexity index is 450. The summed E-state index contributed by atoms with van der Waals surface area (Å²) in [4.78, 5) is 5.75. The van der Waals surface area contributed by atoms with Gasteiger partial charge in [0.05, 0.1) is 5.56 Å². The number of alkyl halides is 3. The fraction of sp³-hybridized carbons (Fsp3) is 0.583. The molecular weight excluding hydrogens is 323 g/mol. The SMILES string of the molecule is CNCC1CCCN1c1ncc(Br)cc1C(F)(F)F. The minimum atomic E-state index is -4.39. The van der Waals surface area contributed by atoms with Crippen molar-refractivity contribution in [1.29, 1.82) is 0 Å². The molecule has 0 bridgehead atoms. The maximum atomic E-state index is 13.1. The summed E-state index contributed by atoms with van der Waals surface area (Å²) < 4.78 is 39.6. The number of hydrogen-bond donors (Lipinski definition) is 1. The first kappa shape index (κ1) is 14.6. The van der Waals surface area contributed by atoms with Gasteiger partial charge in [-0.25, -0.2) is 4.98 Å². The summed E-state index contributed by atoms with van der Waals surface area (Å²) in [6.07, 6.45) is -1.20. The van der Waals surface area contributed by atoms with Crippen LogP contribution in [0.2, 0.25) is 0 Å². The molecule has 7 heteroatoms. The fourth-order valence-electron chi connectivity index (χ4n) is 2.43. The van der Waals surface area contributed by atoms with Crippen molar-refractivity contribution < 1.29 is 13.2 Å². The second-order valence-electron chi connectivity index (χ2n) is 4.57. The molecule has 0 aliphatic carbocycles. The van der Waals surface area contributed by atoms with Crippen LogP contribution in [0.3, 0.4) is 0 Å². The minimum Gasteiger partial charge on any atom is -0.352 e. The molecular formula is C12H15BrF3N3. The van der Waals surface area contributed by atoms with E-state index < -0.39 is 11.7 Å². The van der Waals surface area contributed by atoms with E-state index in [0.717, 1.165) is 18.9 Å². The third kappa shape index (κ3) is 3.20. The third-order valence-corrected chi connectivity index (χ3v) is 3.66. The van der Waals surface area contributed by atoms with E-state index in [1.807, 2.05) is 0 Å². The Hall–Kier alpha value is -0.820. The molecule has 1 saturated heterocycles. The lowest BCUT2D eigenvalue weighted by Crippen LogP contribution is -2.38. The predicted octanol–water partition coefficient (Wildman–Crippen LogP) is 3.05. The molecule has 0 amide bonds. The summed E-state index contributed by atoms with van der Waals surface area (Å²) in [6.45, 7) is 1.28. The first-order valence-corrected chi connectivity index (χ1v) is 6.86. The van der Waals surface area contributed by atoms with Gasteiger partial charge < -0.3 is 10.2 Å². The maximum Gasteiger partial charge on any atom is 0.419 e. The van der Waals surface area contributed by atoms with Crippen LogP contribution in [0.5, 0.6) is 0 Å². The number of hydrogen-bond acceptors (Lipinski definition) is 3. The van der Waals surface area contributed by atoms with Crippen molar-refractivity contribution >= 4 is 21.7 Å². The van der Waals surface area contributed by atoms with Crippen LogP contribution in [0.1, 0.15) is 18.4 Å². The molecule has 1 aliphatic rings. The smallest absolute Gasteiger partial charge is 0.352 e. The molecule has 1 aliphatic heterocycles. The zero-order valence-corrected chi connectivity index (χ0v) is 12.1. The van der Waals surface area contributed by atoms with E-state index in [1.165, 1.54) is 6.20 Å². The Morgan fingerprint density at radius 1 is 1.53 bits per heavy atom. The van der Waals surface area contributed by atoms with Crippen LogP contribution in [0.4, 0.5) is 19.0 Å². The van der Waals surface area contributed by atoms with Crippen LogP contribution in [-0.2, 0) is 6.18 Å². The fourth-order valence-corrected chi connectivity index (χ4v) is 2.76. The zero-order valence-electron chi connectivity index (χ0n) is 10.5. The highest BCUT2D eigenvalue weighted by Gasteiger charge is 2.38. The first-order chi connectivity index (χ1) is 8.93. The second kappa shape index (κ2) is 5.66. The second-order valence-corrected chi connectivity index (χ2v) is 5.49. The highest BCUT2D eigenvalue weighted by molar-refractivity contribution is 9.10. The van der Waals surface area contributed by atoms with Crippen LogP contribution in [-0.4, -0.2) is 31.2 Å². The number of anilines is 1. The van der Waals surface area contributed by atoms with Crippen LogP contribution in [0.15, 0.2) is 16.7 Å². The van der Waals surface area contributed by atoms with E-state index in [4.69, 9.17) is 0 Å². The Morgan fingerprint density at radius 3 is 2.89 bits per heavy atom. The third-order valence-electron chi connectivity index (χ3n) is 3.23. The Balaban J connectivity index is 2.38. The maximum absolute atomic E-state index is 13.1. The van der Waals surface area contributed by atoms with Gasteiger partial charge in [-0.15, -0.1) is 0 Å². The van der Waals surface area contributed by atoms with Crippen molar-refractivity contribution in [3.63, 3.8) is 0 Å². The number of likely N-dealkylation sites (N-methyl/N-ethyl adjacent to an activating group) is 1. The van der Waals surface area contributed by atoms with Gasteiger partial charge in [-0.3, -0.25) is 0 Å². The molecule has 0 radical (unpaired) electrons. The van der Waals surface area contributed by atoms with Gasteiger partial charge >= 0.3 is 6.18 Å². The molecule has 0 spiro atoms. The summed E-state index contributed by atoms with van der Waals surface area (Å²) >= 11 is 3.05. The average Bonchev–Trinajstić information content (AvgIpc) is 2.76. The summed E-state index contributed by atoms with van der Waals surface area (Å²) in [6, 6.07) is 1.16. The first-order valence-electron chi connectivity index (χ1n) is 6.07. The topological polar surface area (TPSA) is 28.2 Å². The van der Waals surface area contributed by atoms with E-state index in [2.05, 4.69) is 26.2 Å². The van der Waals surface area contributed by atoms with Crippen molar-refractivity contribution in [2.24, 2.45) is 0 Å². The lowest BCUT2D eigenvalue weighted by atomic mass is 10.2. The molecule has 0 saturated carbocycles. The number of rotatable bonds is 3. The molecule has 19 heavy (non-hydrogen) atoms. The highest BCUT2D eigenvalue weighted by atomic mass is 79.9. The molecule has 2 rings (SSSR count). The van der Waals surface area contributed by atoms with Crippen molar-refractivity contribution in [2.75, 3.05) is 25.0 Å². The van der Waals surface area contributed by atoms with E-state index in [1.54, 1.807) is 11.9 Å². The number of nitrogens with one attached hydrogen (secondary N) is 1. The highest BCUT2D eigenvalue weighted by Crippen LogP contribution is 2.38. The minimum absolute atomic E-state index is 0.0356. The normalized spacial score (nSPS) is 20.1. The summed E-state index contributed by atoms with van der Waals surface area (Å²) in [5, 5.41) is 3.02. The zero-order chi connectivity index (χ0) is 14.0. The quantitative estimate of drug-likeness (QED) is 0.918. The van der Waals surface area contributed by atoms with Crippen molar-refractivity contribution in [1.82, 2.24) is 10.3 Å². The Morgan fingerprint density at radius 2 is 2.26 bits per heavy atom. The summed E-state index contributed by atoms with van der Waals surface area (Å²) in [5.74, 6) is 0.0356. The van der Waals surface area contributed by atoms with Gasteiger partial charge in [-0.1, -0.05) is 0 Å². The van der Waals surface area contributed by atoms with Gasteiger partial charge in [0.1, 0.15) is 5.82 Å². The average molecular weight is 338 g/mol. The van der Waals surface area contributed by atoms with Crippen LogP contribution < -0.4 is 10.2 Å². The Labute approximate surface area is 118 Å². The van der Waals surface area contributed by atoms with E-state index in [-0.39, 0.29) is 11.9 Å². The van der Waals surface area contributed by atoms with E-state index in [9.17, 15) is 13.2 Å². The molecule has 1 aromatic rings. The standard InChI is InChI=1S/C12H15BrF3N3/c1-17-7-9-3-2-4-19(9)11-10(12(14,15)16)5-8(13)6-18-11/h5-6,9,17H,2-4,7H2,1H3. The van der Waals surface area contributed by atoms with Crippen molar-refractivity contribution in [3.05, 3.63) is 22.3 Å². The van der Waals surface area contributed by atoms with Crippen LogP contribution in [0.25, 0.3) is 0 Å². The number of nitrogens with zero attached hydrogens (tertiary/aromatic N) is 2. The molecule has 1 N–H and O–H groups in total. The number of halogens is 4. The van der Waals surface area contributed by atoms with Gasteiger partial charge in [0, 0.05) is 29.8 Å². The van der Waals surface area contributed by atoms with Crippen molar-refractivity contribution in [3.8, 4) is 0 Å². The molecule has 3 nitrogen and oxygen atoms in total. The van der Waals surface area contributed by atoms with E-state index in [0.29, 0.717) is 17.6 Å². The van der Waals surface area contributed by atoms with Crippen LogP contribution in [0, 0.1) is 0 Å². The summed E-state index contributed by atoms with van der Waals surface area (Å²) in [7, 11) is 1.80.